The summed E-state index contributed by atoms with van der Waals surface area (Å²) in [6.07, 6.45) is 15.2. The molecule has 0 rings (SSSR count). The average molecular weight is 456 g/mol. The number of hydrogen-bond acceptors (Lipinski definition) is 4. The fourth-order valence-corrected chi connectivity index (χ4v) is 3.91. The molecule has 0 radical (unpaired) electrons. The molecule has 0 aliphatic carbocycles. The maximum atomic E-state index is 12.9. The Morgan fingerprint density at radius 3 is 1.66 bits per heavy atom. The van der Waals surface area contributed by atoms with E-state index in [0.29, 0.717) is 6.42 Å². The molecule has 0 spiro atoms. The van der Waals surface area contributed by atoms with Crippen LogP contribution in [0.5, 0.6) is 0 Å². The Kier molecular flexibility index (Phi) is 17.0. The first kappa shape index (κ1) is 30.4. The van der Waals surface area contributed by atoms with E-state index in [1.165, 1.54) is 64.8 Å². The zero-order valence-electron chi connectivity index (χ0n) is 21.2. The molecule has 0 aromatic heterocycles. The highest BCUT2D eigenvalue weighted by molar-refractivity contribution is 5.90. The quantitative estimate of drug-likeness (QED) is 0.134. The second-order valence-electron chi connectivity index (χ2n) is 10.0. The third kappa shape index (κ3) is 14.4. The molecule has 32 heavy (non-hydrogen) atoms. The van der Waals surface area contributed by atoms with Crippen LogP contribution in [0.2, 0.25) is 0 Å². The zero-order valence-corrected chi connectivity index (χ0v) is 21.2. The van der Waals surface area contributed by atoms with Crippen molar-refractivity contribution in [3.05, 3.63) is 0 Å². The molecule has 3 amide bonds. The van der Waals surface area contributed by atoms with Crippen molar-refractivity contribution in [2.75, 3.05) is 7.05 Å². The van der Waals surface area contributed by atoms with Crippen LogP contribution in [0.25, 0.3) is 0 Å². The van der Waals surface area contributed by atoms with Crippen molar-refractivity contribution >= 4 is 17.7 Å². The Hall–Kier alpha value is -1.63. The van der Waals surface area contributed by atoms with Gasteiger partial charge in [0.2, 0.25) is 17.7 Å². The molecule has 0 unspecified atom stereocenters. The molecule has 4 N–H and O–H groups in total. The molecule has 0 saturated heterocycles. The second kappa shape index (κ2) is 17.9. The van der Waals surface area contributed by atoms with Crippen LogP contribution in [-0.2, 0) is 14.4 Å². The van der Waals surface area contributed by atoms with Crippen LogP contribution in [0.15, 0.2) is 0 Å². The van der Waals surface area contributed by atoms with E-state index in [4.69, 9.17) is 5.21 Å². The first-order valence-electron chi connectivity index (χ1n) is 12.6. The highest BCUT2D eigenvalue weighted by Gasteiger charge is 2.34. The summed E-state index contributed by atoms with van der Waals surface area (Å²) in [5.74, 6) is -1.74. The summed E-state index contributed by atoms with van der Waals surface area (Å²) in [5.41, 5.74) is 1.15. The molecule has 0 aromatic carbocycles. The molecule has 0 aromatic rings. The van der Waals surface area contributed by atoms with E-state index in [1.807, 2.05) is 20.8 Å². The highest BCUT2D eigenvalue weighted by Crippen LogP contribution is 2.22. The minimum absolute atomic E-state index is 0.0923. The largest absolute Gasteiger partial charge is 0.357 e. The van der Waals surface area contributed by atoms with E-state index in [9.17, 15) is 14.4 Å². The zero-order chi connectivity index (χ0) is 24.4. The standard InChI is InChI=1S/C25H49N3O4/c1-6-7-8-9-10-11-12-13-14-15-16-17-18-20(19-21(29)28-32)23(30)27-22(24(31)26-5)25(2,3)4/h20,22,32H,6-19H2,1-5H3,(H,26,31)(H,27,30)(H,28,29)/t20-,22-/m1/s1. The lowest BCUT2D eigenvalue weighted by Crippen LogP contribution is -2.54. The van der Waals surface area contributed by atoms with Crippen LogP contribution < -0.4 is 16.1 Å². The van der Waals surface area contributed by atoms with Crippen molar-refractivity contribution in [3.63, 3.8) is 0 Å². The van der Waals surface area contributed by atoms with Gasteiger partial charge in [-0.25, -0.2) is 5.48 Å². The maximum absolute atomic E-state index is 12.9. The molecule has 7 nitrogen and oxygen atoms in total. The van der Waals surface area contributed by atoms with Crippen LogP contribution in [0, 0.1) is 11.3 Å². The monoisotopic (exact) mass is 455 g/mol. The van der Waals surface area contributed by atoms with Gasteiger partial charge in [-0.1, -0.05) is 105 Å². The van der Waals surface area contributed by atoms with Crippen molar-refractivity contribution in [2.45, 2.75) is 124 Å². The molecule has 0 heterocycles. The Morgan fingerprint density at radius 2 is 1.25 bits per heavy atom. The molecule has 0 aliphatic heterocycles. The Balaban J connectivity index is 4.38. The first-order valence-corrected chi connectivity index (χ1v) is 12.6. The molecule has 0 aliphatic rings. The fourth-order valence-electron chi connectivity index (χ4n) is 3.91. The van der Waals surface area contributed by atoms with Crippen LogP contribution in [0.3, 0.4) is 0 Å². The third-order valence-electron chi connectivity index (χ3n) is 5.99. The van der Waals surface area contributed by atoms with Gasteiger partial charge in [0.05, 0.1) is 0 Å². The summed E-state index contributed by atoms with van der Waals surface area (Å²) < 4.78 is 0. The van der Waals surface area contributed by atoms with Crippen molar-refractivity contribution in [1.29, 1.82) is 0 Å². The molecule has 0 saturated carbocycles. The summed E-state index contributed by atoms with van der Waals surface area (Å²) in [7, 11) is 1.54. The molecule has 188 valence electrons. The van der Waals surface area contributed by atoms with E-state index in [1.54, 1.807) is 5.48 Å². The van der Waals surface area contributed by atoms with Crippen molar-refractivity contribution < 1.29 is 19.6 Å². The number of carbonyl (C=O) groups is 3. The number of hydroxylamine groups is 1. The van der Waals surface area contributed by atoms with Gasteiger partial charge in [0.25, 0.3) is 0 Å². The van der Waals surface area contributed by atoms with E-state index in [0.717, 1.165) is 19.3 Å². The van der Waals surface area contributed by atoms with Gasteiger partial charge in [-0.15, -0.1) is 0 Å². The third-order valence-corrected chi connectivity index (χ3v) is 5.99. The molecule has 2 atom stereocenters. The Labute approximate surface area is 195 Å². The Bertz CT molecular complexity index is 532. The summed E-state index contributed by atoms with van der Waals surface area (Å²) in [6, 6.07) is -0.693. The Morgan fingerprint density at radius 1 is 0.781 bits per heavy atom. The van der Waals surface area contributed by atoms with Gasteiger partial charge >= 0.3 is 0 Å². The number of carbonyl (C=O) groups excluding carboxylic acids is 3. The molecular formula is C25H49N3O4. The average Bonchev–Trinajstić information content (AvgIpc) is 2.75. The predicted molar refractivity (Wildman–Crippen MR) is 129 cm³/mol. The lowest BCUT2D eigenvalue weighted by Gasteiger charge is -2.31. The van der Waals surface area contributed by atoms with Gasteiger partial charge in [-0.2, -0.15) is 0 Å². The summed E-state index contributed by atoms with van der Waals surface area (Å²) in [4.78, 5) is 36.8. The summed E-state index contributed by atoms with van der Waals surface area (Å²) >= 11 is 0. The molecule has 0 fully saturated rings. The lowest BCUT2D eigenvalue weighted by atomic mass is 9.85. The van der Waals surface area contributed by atoms with E-state index < -0.39 is 23.3 Å². The number of rotatable bonds is 18. The van der Waals surface area contributed by atoms with Gasteiger partial charge in [-0.3, -0.25) is 19.6 Å². The van der Waals surface area contributed by atoms with E-state index in [-0.39, 0.29) is 18.2 Å². The van der Waals surface area contributed by atoms with Crippen molar-refractivity contribution in [2.24, 2.45) is 11.3 Å². The number of likely N-dealkylation sites (N-methyl/N-ethyl adjacent to an activating group) is 1. The van der Waals surface area contributed by atoms with Gasteiger partial charge in [0, 0.05) is 19.4 Å². The lowest BCUT2D eigenvalue weighted by molar-refractivity contribution is -0.137. The second-order valence-corrected chi connectivity index (χ2v) is 10.0. The molecular weight excluding hydrogens is 406 g/mol. The number of unbranched alkanes of at least 4 members (excludes halogenated alkanes) is 11. The molecule has 7 heteroatoms. The van der Waals surface area contributed by atoms with Crippen LogP contribution >= 0.6 is 0 Å². The van der Waals surface area contributed by atoms with Crippen LogP contribution in [0.1, 0.15) is 118 Å². The number of nitrogens with one attached hydrogen (secondary N) is 3. The van der Waals surface area contributed by atoms with Gasteiger partial charge in [0.1, 0.15) is 6.04 Å². The van der Waals surface area contributed by atoms with Crippen LogP contribution in [-0.4, -0.2) is 36.0 Å². The van der Waals surface area contributed by atoms with Crippen LogP contribution in [0.4, 0.5) is 0 Å². The van der Waals surface area contributed by atoms with Gasteiger partial charge in [0.15, 0.2) is 0 Å². The topological polar surface area (TPSA) is 108 Å². The smallest absolute Gasteiger partial charge is 0.244 e. The SMILES string of the molecule is CCCCCCCCCCCCCC[C@H](CC(=O)NO)C(=O)N[C@H](C(=O)NC)C(C)(C)C. The number of hydrogen-bond donors (Lipinski definition) is 4. The summed E-state index contributed by atoms with van der Waals surface area (Å²) in [6.45, 7) is 7.89. The highest BCUT2D eigenvalue weighted by atomic mass is 16.5. The molecule has 0 bridgehead atoms. The maximum Gasteiger partial charge on any atom is 0.244 e. The minimum atomic E-state index is -0.693. The summed E-state index contributed by atoms with van der Waals surface area (Å²) in [5, 5.41) is 14.3. The predicted octanol–water partition coefficient (Wildman–Crippen LogP) is 4.87. The van der Waals surface area contributed by atoms with E-state index in [2.05, 4.69) is 17.6 Å². The minimum Gasteiger partial charge on any atom is -0.357 e. The fraction of sp³-hybridized carbons (Fsp3) is 0.880. The van der Waals surface area contributed by atoms with Gasteiger partial charge < -0.3 is 10.6 Å². The van der Waals surface area contributed by atoms with E-state index >= 15 is 0 Å². The van der Waals surface area contributed by atoms with Crippen molar-refractivity contribution in [1.82, 2.24) is 16.1 Å². The number of amides is 3. The van der Waals surface area contributed by atoms with Crippen molar-refractivity contribution in [3.8, 4) is 0 Å². The first-order chi connectivity index (χ1) is 15.2. The normalized spacial score (nSPS) is 13.3. The van der Waals surface area contributed by atoms with Gasteiger partial charge in [-0.05, 0) is 11.8 Å².